The highest BCUT2D eigenvalue weighted by atomic mass is 79.9. The molecule has 0 N–H and O–H groups in total. The number of oxazole rings is 1. The van der Waals surface area contributed by atoms with Gasteiger partial charge in [-0.15, -0.1) is 0 Å². The van der Waals surface area contributed by atoms with Crippen LogP contribution in [0.15, 0.2) is 39.4 Å². The van der Waals surface area contributed by atoms with Gasteiger partial charge in [0, 0.05) is 5.56 Å². The summed E-state index contributed by atoms with van der Waals surface area (Å²) in [7, 11) is 0. The predicted octanol–water partition coefficient (Wildman–Crippen LogP) is 4.12. The Bertz CT molecular complexity index is 493. The van der Waals surface area contributed by atoms with Gasteiger partial charge in [0.15, 0.2) is 5.69 Å². The lowest BCUT2D eigenvalue weighted by molar-refractivity contribution is -0.141. The zero-order valence-corrected chi connectivity index (χ0v) is 9.34. The van der Waals surface area contributed by atoms with Crippen molar-refractivity contribution in [3.8, 4) is 11.5 Å². The highest BCUT2D eigenvalue weighted by Gasteiger charge is 2.38. The van der Waals surface area contributed by atoms with E-state index in [-0.39, 0.29) is 5.89 Å². The second kappa shape index (κ2) is 3.93. The highest BCUT2D eigenvalue weighted by Crippen LogP contribution is 2.36. The van der Waals surface area contributed by atoms with Crippen LogP contribution >= 0.6 is 15.9 Å². The first-order valence-corrected chi connectivity index (χ1v) is 5.07. The number of benzene rings is 1. The van der Waals surface area contributed by atoms with Crippen molar-refractivity contribution in [2.24, 2.45) is 0 Å². The topological polar surface area (TPSA) is 26.0 Å². The molecular weight excluding hydrogens is 287 g/mol. The Labute approximate surface area is 97.2 Å². The zero-order chi connectivity index (χ0) is 11.8. The van der Waals surface area contributed by atoms with Crippen molar-refractivity contribution in [3.63, 3.8) is 0 Å². The van der Waals surface area contributed by atoms with Gasteiger partial charge in [0.2, 0.25) is 10.6 Å². The fraction of sp³-hybridized carbons (Fsp3) is 0.100. The SMILES string of the molecule is FC(F)(F)c1nc(-c2ccccc2)oc1Br. The average molecular weight is 292 g/mol. The molecule has 0 radical (unpaired) electrons. The van der Waals surface area contributed by atoms with E-state index >= 15 is 0 Å². The van der Waals surface area contributed by atoms with Crippen LogP contribution in [0.4, 0.5) is 13.2 Å². The second-order valence-electron chi connectivity index (χ2n) is 3.01. The van der Waals surface area contributed by atoms with Crippen molar-refractivity contribution in [2.75, 3.05) is 0 Å². The van der Waals surface area contributed by atoms with Crippen molar-refractivity contribution in [2.45, 2.75) is 6.18 Å². The number of aromatic nitrogens is 1. The van der Waals surface area contributed by atoms with Crippen LogP contribution in [0.25, 0.3) is 11.5 Å². The van der Waals surface area contributed by atoms with Gasteiger partial charge in [-0.2, -0.15) is 13.2 Å². The van der Waals surface area contributed by atoms with Crippen LogP contribution < -0.4 is 0 Å². The van der Waals surface area contributed by atoms with Crippen LogP contribution in [0.3, 0.4) is 0 Å². The first kappa shape index (κ1) is 11.2. The molecule has 0 saturated heterocycles. The normalized spacial score (nSPS) is 11.8. The van der Waals surface area contributed by atoms with Gasteiger partial charge >= 0.3 is 6.18 Å². The minimum Gasteiger partial charge on any atom is -0.429 e. The van der Waals surface area contributed by atoms with E-state index in [1.54, 1.807) is 30.3 Å². The molecule has 1 heterocycles. The average Bonchev–Trinajstić information content (AvgIpc) is 2.61. The summed E-state index contributed by atoms with van der Waals surface area (Å²) in [5, 5.41) is 0. The van der Waals surface area contributed by atoms with Crippen molar-refractivity contribution >= 4 is 15.9 Å². The predicted molar refractivity (Wildman–Crippen MR) is 54.6 cm³/mol. The van der Waals surface area contributed by atoms with Crippen LogP contribution in [-0.2, 0) is 6.18 Å². The molecule has 0 aliphatic carbocycles. The Morgan fingerprint density at radius 3 is 2.25 bits per heavy atom. The van der Waals surface area contributed by atoms with E-state index in [9.17, 15) is 13.2 Å². The largest absolute Gasteiger partial charge is 0.437 e. The van der Waals surface area contributed by atoms with E-state index < -0.39 is 16.5 Å². The number of hydrogen-bond donors (Lipinski definition) is 0. The molecule has 2 nitrogen and oxygen atoms in total. The van der Waals surface area contributed by atoms with Crippen molar-refractivity contribution < 1.29 is 17.6 Å². The van der Waals surface area contributed by atoms with E-state index in [1.165, 1.54) is 0 Å². The van der Waals surface area contributed by atoms with Crippen LogP contribution in [-0.4, -0.2) is 4.98 Å². The monoisotopic (exact) mass is 291 g/mol. The Morgan fingerprint density at radius 1 is 1.12 bits per heavy atom. The van der Waals surface area contributed by atoms with Crippen LogP contribution in [0.1, 0.15) is 5.69 Å². The Balaban J connectivity index is 2.47. The number of hydrogen-bond acceptors (Lipinski definition) is 2. The maximum atomic E-state index is 12.4. The van der Waals surface area contributed by atoms with Crippen LogP contribution in [0.2, 0.25) is 0 Å². The summed E-state index contributed by atoms with van der Waals surface area (Å²) in [6, 6.07) is 8.39. The molecule has 1 aromatic carbocycles. The lowest BCUT2D eigenvalue weighted by Crippen LogP contribution is -2.05. The third kappa shape index (κ3) is 2.11. The van der Waals surface area contributed by atoms with Crippen LogP contribution in [0, 0.1) is 0 Å². The zero-order valence-electron chi connectivity index (χ0n) is 7.75. The van der Waals surface area contributed by atoms with Gasteiger partial charge in [-0.25, -0.2) is 4.98 Å². The maximum absolute atomic E-state index is 12.4. The molecule has 2 rings (SSSR count). The molecule has 0 bridgehead atoms. The van der Waals surface area contributed by atoms with Gasteiger partial charge in [0.25, 0.3) is 0 Å². The maximum Gasteiger partial charge on any atom is 0.437 e. The van der Waals surface area contributed by atoms with E-state index in [2.05, 4.69) is 20.9 Å². The fourth-order valence-corrected chi connectivity index (χ4v) is 1.65. The molecular formula is C10H5BrF3NO. The van der Waals surface area contributed by atoms with Gasteiger partial charge < -0.3 is 4.42 Å². The molecule has 84 valence electrons. The molecule has 0 saturated carbocycles. The standard InChI is InChI=1S/C10H5BrF3NO/c11-8-7(10(12,13)14)15-9(16-8)6-4-2-1-3-5-6/h1-5H. The molecule has 0 atom stereocenters. The summed E-state index contributed by atoms with van der Waals surface area (Å²) < 4.78 is 41.8. The van der Waals surface area contributed by atoms with Gasteiger partial charge in [0.05, 0.1) is 0 Å². The second-order valence-corrected chi connectivity index (χ2v) is 3.73. The molecule has 16 heavy (non-hydrogen) atoms. The summed E-state index contributed by atoms with van der Waals surface area (Å²) >= 11 is 2.70. The van der Waals surface area contributed by atoms with Crippen LogP contribution in [0.5, 0.6) is 0 Å². The molecule has 0 aliphatic heterocycles. The lowest BCUT2D eigenvalue weighted by Gasteiger charge is -1.99. The van der Waals surface area contributed by atoms with E-state index in [4.69, 9.17) is 4.42 Å². The number of halogens is 4. The Kier molecular flexibility index (Phi) is 2.75. The third-order valence-corrected chi connectivity index (χ3v) is 2.41. The Morgan fingerprint density at radius 2 is 1.75 bits per heavy atom. The van der Waals surface area contributed by atoms with Gasteiger partial charge in [0.1, 0.15) is 0 Å². The molecule has 0 amide bonds. The fourth-order valence-electron chi connectivity index (χ4n) is 1.18. The van der Waals surface area contributed by atoms with Crippen molar-refractivity contribution in [1.29, 1.82) is 0 Å². The van der Waals surface area contributed by atoms with E-state index in [0.717, 1.165) is 0 Å². The summed E-state index contributed by atoms with van der Waals surface area (Å²) in [5.74, 6) is -0.0557. The number of nitrogens with zero attached hydrogens (tertiary/aromatic N) is 1. The Hall–Kier alpha value is -1.30. The summed E-state index contributed by atoms with van der Waals surface area (Å²) in [5.41, 5.74) is -0.551. The highest BCUT2D eigenvalue weighted by molar-refractivity contribution is 9.10. The molecule has 1 aromatic heterocycles. The van der Waals surface area contributed by atoms with Gasteiger partial charge in [-0.3, -0.25) is 0 Å². The first-order chi connectivity index (χ1) is 7.48. The third-order valence-electron chi connectivity index (χ3n) is 1.88. The molecule has 0 fully saturated rings. The molecule has 2 aromatic rings. The van der Waals surface area contributed by atoms with E-state index in [0.29, 0.717) is 5.56 Å². The van der Waals surface area contributed by atoms with Crippen molar-refractivity contribution in [3.05, 3.63) is 40.7 Å². The summed E-state index contributed by atoms with van der Waals surface area (Å²) in [4.78, 5) is 3.41. The summed E-state index contributed by atoms with van der Waals surface area (Å²) in [6.45, 7) is 0. The van der Waals surface area contributed by atoms with Gasteiger partial charge in [-0.1, -0.05) is 18.2 Å². The summed E-state index contributed by atoms with van der Waals surface area (Å²) in [6.07, 6.45) is -4.52. The molecule has 6 heteroatoms. The quantitative estimate of drug-likeness (QED) is 0.790. The lowest BCUT2D eigenvalue weighted by atomic mass is 10.2. The molecule has 0 aliphatic rings. The van der Waals surface area contributed by atoms with Gasteiger partial charge in [-0.05, 0) is 28.1 Å². The minimum atomic E-state index is -4.52. The smallest absolute Gasteiger partial charge is 0.429 e. The molecule has 0 spiro atoms. The number of alkyl halides is 3. The van der Waals surface area contributed by atoms with E-state index in [1.807, 2.05) is 0 Å². The minimum absolute atomic E-state index is 0.0557. The number of rotatable bonds is 1. The first-order valence-electron chi connectivity index (χ1n) is 4.27. The van der Waals surface area contributed by atoms with Crippen molar-refractivity contribution in [1.82, 2.24) is 4.98 Å². The molecule has 0 unspecified atom stereocenters.